The van der Waals surface area contributed by atoms with Crippen molar-refractivity contribution in [3.8, 4) is 0 Å². The SMILES string of the molecule is NC[C@H]1O[C@H](O[C@H]2[C@H](O)[C@@H](O)[C@H](N)C[C@@H]2N)[C@@H](N)[C@@H](O)[C@@H]1O. The lowest BCUT2D eigenvalue weighted by molar-refractivity contribution is -0.287. The molecular weight excluding hydrogens is 296 g/mol. The van der Waals surface area contributed by atoms with Crippen molar-refractivity contribution < 1.29 is 29.9 Å². The molecule has 0 unspecified atom stereocenters. The standard InChI is InChI=1S/C12H26N4O6/c13-2-5-8(18)9(19)6(16)12(21-5)22-11-4(15)1-3(14)7(17)10(11)20/h3-12,17-20H,1-2,13-16H2/t3-,4+,5-,6+,7+,8-,9-,10-,11-,12-/m1/s1. The van der Waals surface area contributed by atoms with Crippen molar-refractivity contribution in [1.29, 1.82) is 0 Å². The van der Waals surface area contributed by atoms with Crippen molar-refractivity contribution in [2.75, 3.05) is 6.54 Å². The molecule has 1 aliphatic carbocycles. The highest BCUT2D eigenvalue weighted by Crippen LogP contribution is 2.26. The Labute approximate surface area is 128 Å². The van der Waals surface area contributed by atoms with Gasteiger partial charge in [0.1, 0.15) is 30.5 Å². The molecule has 12 N–H and O–H groups in total. The average Bonchev–Trinajstić information content (AvgIpc) is 2.49. The van der Waals surface area contributed by atoms with Crippen molar-refractivity contribution in [2.45, 2.75) is 67.5 Å². The number of aliphatic hydroxyl groups is 4. The minimum absolute atomic E-state index is 0.0441. The number of rotatable bonds is 3. The molecule has 22 heavy (non-hydrogen) atoms. The van der Waals surface area contributed by atoms with E-state index in [1.54, 1.807) is 0 Å². The first-order chi connectivity index (χ1) is 10.3. The van der Waals surface area contributed by atoms with Crippen LogP contribution in [0.5, 0.6) is 0 Å². The molecule has 1 saturated heterocycles. The van der Waals surface area contributed by atoms with Gasteiger partial charge < -0.3 is 52.8 Å². The average molecular weight is 322 g/mol. The third kappa shape index (κ3) is 3.26. The van der Waals surface area contributed by atoms with E-state index in [1.165, 1.54) is 0 Å². The lowest BCUT2D eigenvalue weighted by atomic mass is 9.84. The van der Waals surface area contributed by atoms with Crippen molar-refractivity contribution in [1.82, 2.24) is 0 Å². The van der Waals surface area contributed by atoms with Crippen LogP contribution in [0.25, 0.3) is 0 Å². The molecule has 0 radical (unpaired) electrons. The van der Waals surface area contributed by atoms with Crippen LogP contribution in [0.2, 0.25) is 0 Å². The van der Waals surface area contributed by atoms with E-state index in [0.29, 0.717) is 0 Å². The molecule has 0 aromatic heterocycles. The highest BCUT2D eigenvalue weighted by atomic mass is 16.7. The van der Waals surface area contributed by atoms with Crippen LogP contribution in [-0.2, 0) is 9.47 Å². The van der Waals surface area contributed by atoms with Gasteiger partial charge in [0.15, 0.2) is 6.29 Å². The van der Waals surface area contributed by atoms with Crippen molar-refractivity contribution in [3.05, 3.63) is 0 Å². The monoisotopic (exact) mass is 322 g/mol. The molecule has 0 aromatic carbocycles. The van der Waals surface area contributed by atoms with Gasteiger partial charge in [0.05, 0.1) is 12.1 Å². The van der Waals surface area contributed by atoms with Gasteiger partial charge in [-0.25, -0.2) is 0 Å². The summed E-state index contributed by atoms with van der Waals surface area (Å²) < 4.78 is 11.0. The topological polar surface area (TPSA) is 203 Å². The number of ether oxygens (including phenoxy) is 2. The van der Waals surface area contributed by atoms with Crippen LogP contribution < -0.4 is 22.9 Å². The first-order valence-electron chi connectivity index (χ1n) is 7.28. The fraction of sp³-hybridized carbons (Fsp3) is 1.00. The Bertz CT molecular complexity index is 376. The van der Waals surface area contributed by atoms with E-state index in [-0.39, 0.29) is 13.0 Å². The summed E-state index contributed by atoms with van der Waals surface area (Å²) in [6, 6.07) is -2.34. The summed E-state index contributed by atoms with van der Waals surface area (Å²) in [6.07, 6.45) is -7.73. The molecule has 2 rings (SSSR count). The number of hydrogen-bond donors (Lipinski definition) is 8. The van der Waals surface area contributed by atoms with Gasteiger partial charge >= 0.3 is 0 Å². The Balaban J connectivity index is 2.08. The van der Waals surface area contributed by atoms with E-state index in [2.05, 4.69) is 0 Å². The summed E-state index contributed by atoms with van der Waals surface area (Å²) in [4.78, 5) is 0. The summed E-state index contributed by atoms with van der Waals surface area (Å²) in [5.74, 6) is 0. The summed E-state index contributed by atoms with van der Waals surface area (Å²) in [6.45, 7) is -0.0441. The maximum absolute atomic E-state index is 10.1. The van der Waals surface area contributed by atoms with Crippen molar-refractivity contribution in [2.24, 2.45) is 22.9 Å². The Hall–Kier alpha value is -0.400. The summed E-state index contributed by atoms with van der Waals surface area (Å²) in [5.41, 5.74) is 22.8. The summed E-state index contributed by atoms with van der Waals surface area (Å²) in [5, 5.41) is 39.6. The zero-order valence-electron chi connectivity index (χ0n) is 12.1. The zero-order valence-corrected chi connectivity index (χ0v) is 12.1. The van der Waals surface area contributed by atoms with E-state index < -0.39 is 61.0 Å². The van der Waals surface area contributed by atoms with E-state index in [9.17, 15) is 20.4 Å². The van der Waals surface area contributed by atoms with Crippen LogP contribution in [0.15, 0.2) is 0 Å². The van der Waals surface area contributed by atoms with Crippen LogP contribution in [0, 0.1) is 0 Å². The van der Waals surface area contributed by atoms with E-state index in [4.69, 9.17) is 32.4 Å². The quantitative estimate of drug-likeness (QED) is 0.248. The molecule has 0 aromatic rings. The van der Waals surface area contributed by atoms with Crippen LogP contribution in [0.1, 0.15) is 6.42 Å². The molecule has 1 aliphatic heterocycles. The molecule has 0 spiro atoms. The summed E-state index contributed by atoms with van der Waals surface area (Å²) >= 11 is 0. The van der Waals surface area contributed by atoms with Gasteiger partial charge in [-0.1, -0.05) is 0 Å². The lowest BCUT2D eigenvalue weighted by Crippen LogP contribution is -2.67. The number of aliphatic hydroxyl groups excluding tert-OH is 4. The van der Waals surface area contributed by atoms with Gasteiger partial charge in [-0.05, 0) is 6.42 Å². The van der Waals surface area contributed by atoms with Crippen molar-refractivity contribution in [3.63, 3.8) is 0 Å². The van der Waals surface area contributed by atoms with Gasteiger partial charge in [0.2, 0.25) is 0 Å². The molecule has 0 bridgehead atoms. The van der Waals surface area contributed by atoms with Crippen LogP contribution in [-0.4, -0.2) is 88.0 Å². The third-order valence-electron chi connectivity index (χ3n) is 4.36. The fourth-order valence-electron chi connectivity index (χ4n) is 2.89. The predicted octanol–water partition coefficient (Wildman–Crippen LogP) is -5.12. The number of nitrogens with two attached hydrogens (primary N) is 4. The molecule has 1 heterocycles. The molecule has 10 atom stereocenters. The number of hydrogen-bond acceptors (Lipinski definition) is 10. The first-order valence-corrected chi connectivity index (χ1v) is 7.28. The van der Waals surface area contributed by atoms with Crippen LogP contribution >= 0.6 is 0 Å². The highest BCUT2D eigenvalue weighted by Gasteiger charge is 2.47. The minimum Gasteiger partial charge on any atom is -0.389 e. The summed E-state index contributed by atoms with van der Waals surface area (Å²) in [7, 11) is 0. The second-order valence-corrected chi connectivity index (χ2v) is 5.98. The maximum atomic E-state index is 10.1. The molecule has 1 saturated carbocycles. The highest BCUT2D eigenvalue weighted by molar-refractivity contribution is 4.99. The largest absolute Gasteiger partial charge is 0.389 e. The van der Waals surface area contributed by atoms with Gasteiger partial charge in [0, 0.05) is 18.6 Å². The normalized spacial score (nSPS) is 53.5. The van der Waals surface area contributed by atoms with Gasteiger partial charge in [0.25, 0.3) is 0 Å². The lowest BCUT2D eigenvalue weighted by Gasteiger charge is -2.45. The Morgan fingerprint density at radius 3 is 2.14 bits per heavy atom. The van der Waals surface area contributed by atoms with Gasteiger partial charge in [-0.2, -0.15) is 0 Å². The molecule has 2 fully saturated rings. The molecule has 0 amide bonds. The zero-order chi connectivity index (χ0) is 16.6. The third-order valence-corrected chi connectivity index (χ3v) is 4.36. The molecule has 130 valence electrons. The van der Waals surface area contributed by atoms with Crippen LogP contribution in [0.4, 0.5) is 0 Å². The molecular formula is C12H26N4O6. The Morgan fingerprint density at radius 2 is 1.55 bits per heavy atom. The van der Waals surface area contributed by atoms with E-state index in [1.807, 2.05) is 0 Å². The first kappa shape index (κ1) is 17.9. The van der Waals surface area contributed by atoms with Crippen LogP contribution in [0.3, 0.4) is 0 Å². The fourth-order valence-corrected chi connectivity index (χ4v) is 2.89. The molecule has 10 nitrogen and oxygen atoms in total. The second-order valence-electron chi connectivity index (χ2n) is 5.98. The maximum Gasteiger partial charge on any atom is 0.176 e. The van der Waals surface area contributed by atoms with E-state index >= 15 is 0 Å². The van der Waals surface area contributed by atoms with Gasteiger partial charge in [-0.3, -0.25) is 0 Å². The van der Waals surface area contributed by atoms with E-state index in [0.717, 1.165) is 0 Å². The van der Waals surface area contributed by atoms with Gasteiger partial charge in [-0.15, -0.1) is 0 Å². The second kappa shape index (κ2) is 7.01. The minimum atomic E-state index is -1.31. The predicted molar refractivity (Wildman–Crippen MR) is 75.2 cm³/mol. The smallest absolute Gasteiger partial charge is 0.176 e. The molecule has 2 aliphatic rings. The molecule has 10 heteroatoms. The Morgan fingerprint density at radius 1 is 0.909 bits per heavy atom. The Kier molecular flexibility index (Phi) is 5.72. The van der Waals surface area contributed by atoms with Crippen molar-refractivity contribution >= 4 is 0 Å².